The fourth-order valence-corrected chi connectivity index (χ4v) is 1.62. The van der Waals surface area contributed by atoms with Crippen LogP contribution in [0.4, 0.5) is 4.79 Å². The number of ether oxygens (including phenoxy) is 4. The Morgan fingerprint density at radius 1 is 1.08 bits per heavy atom. The van der Waals surface area contributed by atoms with Crippen LogP contribution in [0.1, 0.15) is 23.7 Å². The number of para-hydroxylation sites is 1. The Morgan fingerprint density at radius 3 is 2.46 bits per heavy atom. The molecular formula is C15H20O9. The highest BCUT2D eigenvalue weighted by Gasteiger charge is 2.20. The van der Waals surface area contributed by atoms with Crippen molar-refractivity contribution in [3.8, 4) is 11.5 Å². The van der Waals surface area contributed by atoms with Gasteiger partial charge in [0, 0.05) is 13.5 Å². The van der Waals surface area contributed by atoms with E-state index in [1.165, 1.54) is 20.3 Å². The zero-order chi connectivity index (χ0) is 17.9. The van der Waals surface area contributed by atoms with Gasteiger partial charge in [0.05, 0.1) is 32.0 Å². The van der Waals surface area contributed by atoms with Crippen LogP contribution in [0.15, 0.2) is 18.2 Å². The van der Waals surface area contributed by atoms with Gasteiger partial charge in [0.1, 0.15) is 5.56 Å². The lowest BCUT2D eigenvalue weighted by molar-refractivity contribution is -0.452. The van der Waals surface area contributed by atoms with Crippen LogP contribution in [0.5, 0.6) is 11.5 Å². The maximum absolute atomic E-state index is 11.9. The minimum Gasteiger partial charge on any atom is -0.493 e. The molecule has 9 heteroatoms. The highest BCUT2D eigenvalue weighted by atomic mass is 17.5. The van der Waals surface area contributed by atoms with Crippen molar-refractivity contribution in [1.29, 1.82) is 0 Å². The van der Waals surface area contributed by atoms with Gasteiger partial charge in [-0.2, -0.15) is 0 Å². The molecule has 0 saturated heterocycles. The molecule has 0 aliphatic rings. The lowest BCUT2D eigenvalue weighted by Crippen LogP contribution is -2.15. The van der Waals surface area contributed by atoms with Crippen molar-refractivity contribution in [2.45, 2.75) is 19.4 Å². The van der Waals surface area contributed by atoms with Crippen molar-refractivity contribution >= 4 is 12.1 Å². The Kier molecular flexibility index (Phi) is 8.37. The summed E-state index contributed by atoms with van der Waals surface area (Å²) in [5.41, 5.74) is 0.0303. The van der Waals surface area contributed by atoms with Crippen molar-refractivity contribution in [3.05, 3.63) is 23.8 Å². The van der Waals surface area contributed by atoms with E-state index in [1.54, 1.807) is 19.2 Å². The van der Waals surface area contributed by atoms with E-state index < -0.39 is 12.1 Å². The molecule has 1 aromatic rings. The van der Waals surface area contributed by atoms with Gasteiger partial charge in [0.2, 0.25) is 0 Å². The monoisotopic (exact) mass is 344 g/mol. The van der Waals surface area contributed by atoms with Crippen LogP contribution in [0.2, 0.25) is 0 Å². The van der Waals surface area contributed by atoms with Gasteiger partial charge in [-0.15, -0.1) is 0 Å². The molecule has 0 aliphatic carbocycles. The zero-order valence-electron chi connectivity index (χ0n) is 13.9. The maximum atomic E-state index is 11.9. The highest BCUT2D eigenvalue weighted by Crippen LogP contribution is 2.31. The number of methoxy groups -OCH3 is 3. The number of hydrogen-bond donors (Lipinski definition) is 0. The summed E-state index contributed by atoms with van der Waals surface area (Å²) < 4.78 is 19.8. The van der Waals surface area contributed by atoms with Crippen molar-refractivity contribution < 1.29 is 43.3 Å². The van der Waals surface area contributed by atoms with Crippen LogP contribution in [0.25, 0.3) is 0 Å². The summed E-state index contributed by atoms with van der Waals surface area (Å²) >= 11 is 0. The topological polar surface area (TPSA) is 98.8 Å². The van der Waals surface area contributed by atoms with Gasteiger partial charge in [-0.05, 0) is 19.1 Å². The Balaban J connectivity index is 2.43. The molecule has 9 nitrogen and oxygen atoms in total. The lowest BCUT2D eigenvalue weighted by Gasteiger charge is -2.11. The molecule has 0 radical (unpaired) electrons. The third-order valence-electron chi connectivity index (χ3n) is 2.98. The number of hydrogen-bond acceptors (Lipinski definition) is 9. The molecule has 0 aromatic heterocycles. The van der Waals surface area contributed by atoms with E-state index >= 15 is 0 Å². The molecule has 1 rings (SSSR count). The second-order valence-electron chi connectivity index (χ2n) is 4.50. The van der Waals surface area contributed by atoms with Gasteiger partial charge in [0.25, 0.3) is 0 Å². The van der Waals surface area contributed by atoms with Gasteiger partial charge in [-0.3, -0.25) is 4.89 Å². The van der Waals surface area contributed by atoms with Crippen LogP contribution >= 0.6 is 0 Å². The molecule has 0 saturated carbocycles. The SMILES string of the molecule is COc1cccc(C(=O)OOOC(=O)OCCC(C)OC)c1OC. The predicted molar refractivity (Wildman–Crippen MR) is 79.6 cm³/mol. The number of carbonyl (C=O) groups excluding carboxylic acids is 2. The Hall–Kier alpha value is -2.52. The fourth-order valence-electron chi connectivity index (χ4n) is 1.62. The summed E-state index contributed by atoms with van der Waals surface area (Å²) in [6, 6.07) is 4.59. The Morgan fingerprint density at radius 2 is 1.83 bits per heavy atom. The van der Waals surface area contributed by atoms with Crippen LogP contribution < -0.4 is 9.47 Å². The third-order valence-corrected chi connectivity index (χ3v) is 2.98. The van der Waals surface area contributed by atoms with Crippen molar-refractivity contribution in [3.63, 3.8) is 0 Å². The lowest BCUT2D eigenvalue weighted by atomic mass is 10.2. The summed E-state index contributed by atoms with van der Waals surface area (Å²) in [4.78, 5) is 31.6. The normalized spacial score (nSPS) is 11.3. The van der Waals surface area contributed by atoms with Gasteiger partial charge < -0.3 is 18.9 Å². The quantitative estimate of drug-likeness (QED) is 0.379. The van der Waals surface area contributed by atoms with E-state index in [1.807, 2.05) is 6.92 Å². The smallest absolute Gasteiger partial charge is 0.493 e. The molecule has 0 heterocycles. The van der Waals surface area contributed by atoms with E-state index in [9.17, 15) is 9.59 Å². The van der Waals surface area contributed by atoms with Crippen LogP contribution in [-0.2, 0) is 24.3 Å². The molecule has 0 N–H and O–H groups in total. The second-order valence-corrected chi connectivity index (χ2v) is 4.50. The van der Waals surface area contributed by atoms with Crippen LogP contribution in [0, 0.1) is 0 Å². The molecule has 24 heavy (non-hydrogen) atoms. The molecule has 134 valence electrons. The number of rotatable bonds is 9. The summed E-state index contributed by atoms with van der Waals surface area (Å²) in [7, 11) is 4.33. The summed E-state index contributed by atoms with van der Waals surface area (Å²) in [6.07, 6.45) is -0.743. The fraction of sp³-hybridized carbons (Fsp3) is 0.467. The van der Waals surface area contributed by atoms with E-state index in [0.717, 1.165) is 0 Å². The maximum Gasteiger partial charge on any atom is 0.543 e. The van der Waals surface area contributed by atoms with E-state index in [4.69, 9.17) is 14.2 Å². The van der Waals surface area contributed by atoms with Gasteiger partial charge in [-0.25, -0.2) is 14.5 Å². The highest BCUT2D eigenvalue weighted by molar-refractivity contribution is 5.93. The van der Waals surface area contributed by atoms with Gasteiger partial charge in [0.15, 0.2) is 11.5 Å². The molecule has 1 atom stereocenters. The predicted octanol–water partition coefficient (Wildman–Crippen LogP) is 2.29. The van der Waals surface area contributed by atoms with Crippen LogP contribution in [0.3, 0.4) is 0 Å². The largest absolute Gasteiger partial charge is 0.543 e. The van der Waals surface area contributed by atoms with Crippen LogP contribution in [-0.4, -0.2) is 46.2 Å². The Labute approximate surface area is 139 Å². The minimum atomic E-state index is -1.15. The standard InChI is InChI=1S/C15H20O9/c1-10(18-2)8-9-21-15(17)23-24-22-14(16)11-6-5-7-12(19-3)13(11)20-4/h5-7,10H,8-9H2,1-4H3. The number of carbonyl (C=O) groups is 2. The summed E-state index contributed by atoms with van der Waals surface area (Å²) in [6.45, 7) is 1.88. The zero-order valence-corrected chi connectivity index (χ0v) is 13.9. The number of benzene rings is 1. The van der Waals surface area contributed by atoms with E-state index in [-0.39, 0.29) is 24.0 Å². The molecule has 0 aliphatic heterocycles. The first-order valence-electron chi connectivity index (χ1n) is 6.99. The summed E-state index contributed by atoms with van der Waals surface area (Å²) in [5, 5.41) is 4.12. The van der Waals surface area contributed by atoms with E-state index in [0.29, 0.717) is 12.2 Å². The molecule has 0 spiro atoms. The van der Waals surface area contributed by atoms with E-state index in [2.05, 4.69) is 19.6 Å². The molecule has 1 aromatic carbocycles. The molecule has 0 amide bonds. The first-order chi connectivity index (χ1) is 11.5. The molecule has 0 bridgehead atoms. The van der Waals surface area contributed by atoms with Crippen molar-refractivity contribution in [2.24, 2.45) is 0 Å². The van der Waals surface area contributed by atoms with Crippen molar-refractivity contribution in [1.82, 2.24) is 0 Å². The summed E-state index contributed by atoms with van der Waals surface area (Å²) in [5.74, 6) is -0.448. The van der Waals surface area contributed by atoms with Crippen molar-refractivity contribution in [2.75, 3.05) is 27.9 Å². The van der Waals surface area contributed by atoms with Gasteiger partial charge >= 0.3 is 12.1 Å². The van der Waals surface area contributed by atoms with Gasteiger partial charge in [-0.1, -0.05) is 6.07 Å². The average molecular weight is 344 g/mol. The minimum absolute atomic E-state index is 0.0303. The first-order valence-corrected chi connectivity index (χ1v) is 6.99. The molecule has 0 fully saturated rings. The second kappa shape index (κ2) is 10.3. The Bertz CT molecular complexity index is 544. The third kappa shape index (κ3) is 5.94. The average Bonchev–Trinajstić information content (AvgIpc) is 2.60. The molecule has 1 unspecified atom stereocenters. The first kappa shape index (κ1) is 19.5. The molecular weight excluding hydrogens is 324 g/mol.